The summed E-state index contributed by atoms with van der Waals surface area (Å²) >= 11 is 0. The van der Waals surface area contributed by atoms with Crippen molar-refractivity contribution in [2.45, 2.75) is 47.3 Å². The fourth-order valence-electron chi connectivity index (χ4n) is 5.00. The largest absolute Gasteiger partial charge is 0.461 e. The van der Waals surface area contributed by atoms with Crippen molar-refractivity contribution in [2.24, 2.45) is 5.41 Å². The van der Waals surface area contributed by atoms with Crippen molar-refractivity contribution in [1.29, 1.82) is 0 Å². The lowest BCUT2D eigenvalue weighted by atomic mass is 9.91. The van der Waals surface area contributed by atoms with Gasteiger partial charge in [0.2, 0.25) is 11.8 Å². The Balaban J connectivity index is 1.43. The predicted molar refractivity (Wildman–Crippen MR) is 151 cm³/mol. The van der Waals surface area contributed by atoms with E-state index in [-0.39, 0.29) is 17.4 Å². The number of nitrogens with zero attached hydrogens (tertiary/aromatic N) is 4. The number of nitrogens with one attached hydrogen (secondary N) is 1. The molecule has 39 heavy (non-hydrogen) atoms. The van der Waals surface area contributed by atoms with Crippen molar-refractivity contribution < 1.29 is 14.0 Å². The number of aryl methyl sites for hydroxylation is 2. The van der Waals surface area contributed by atoms with Crippen LogP contribution in [0.25, 0.3) is 11.0 Å². The van der Waals surface area contributed by atoms with E-state index in [4.69, 9.17) is 4.42 Å². The Morgan fingerprint density at radius 3 is 2.62 bits per heavy atom. The van der Waals surface area contributed by atoms with E-state index in [1.165, 1.54) is 4.90 Å². The highest BCUT2D eigenvalue weighted by molar-refractivity contribution is 6.19. The van der Waals surface area contributed by atoms with E-state index in [0.29, 0.717) is 54.3 Å². The second kappa shape index (κ2) is 10.1. The van der Waals surface area contributed by atoms with Crippen LogP contribution in [0.15, 0.2) is 64.1 Å². The molecule has 2 amide bonds. The maximum atomic E-state index is 13.1. The van der Waals surface area contributed by atoms with Gasteiger partial charge < -0.3 is 19.2 Å². The third kappa shape index (κ3) is 5.09. The van der Waals surface area contributed by atoms with Crippen molar-refractivity contribution in [2.75, 3.05) is 23.8 Å². The van der Waals surface area contributed by atoms with Crippen LogP contribution in [0.4, 0.5) is 11.4 Å². The van der Waals surface area contributed by atoms with Gasteiger partial charge in [-0.2, -0.15) is 0 Å². The third-order valence-electron chi connectivity index (χ3n) is 7.43. The maximum absolute atomic E-state index is 13.1. The molecular formula is C30H33N5O4. The van der Waals surface area contributed by atoms with Gasteiger partial charge >= 0.3 is 0 Å². The van der Waals surface area contributed by atoms with Crippen LogP contribution in [0, 0.1) is 19.3 Å². The molecule has 0 saturated heterocycles. The lowest BCUT2D eigenvalue weighted by Gasteiger charge is -2.25. The Bertz CT molecular complexity index is 1630. The number of hydrogen-bond donors (Lipinski definition) is 1. The van der Waals surface area contributed by atoms with Crippen LogP contribution in [0.1, 0.15) is 36.4 Å². The predicted octanol–water partition coefficient (Wildman–Crippen LogP) is 4.25. The van der Waals surface area contributed by atoms with Crippen molar-refractivity contribution in [3.8, 4) is 0 Å². The molecular weight excluding hydrogens is 494 g/mol. The monoisotopic (exact) mass is 527 g/mol. The Morgan fingerprint density at radius 2 is 1.85 bits per heavy atom. The van der Waals surface area contributed by atoms with Gasteiger partial charge in [0.1, 0.15) is 16.8 Å². The number of carbonyl (C=O) groups is 2. The zero-order chi connectivity index (χ0) is 27.9. The van der Waals surface area contributed by atoms with E-state index in [1.807, 2.05) is 44.2 Å². The van der Waals surface area contributed by atoms with E-state index >= 15 is 0 Å². The lowest BCUT2D eigenvalue weighted by Crippen LogP contribution is -2.43. The Hall–Kier alpha value is -4.24. The molecule has 9 heteroatoms. The number of aromatic nitrogens is 2. The zero-order valence-corrected chi connectivity index (χ0v) is 22.9. The molecule has 5 rings (SSSR count). The van der Waals surface area contributed by atoms with E-state index < -0.39 is 5.41 Å². The van der Waals surface area contributed by atoms with Gasteiger partial charge in [-0.3, -0.25) is 24.3 Å². The summed E-state index contributed by atoms with van der Waals surface area (Å²) in [7, 11) is 1.69. The number of amides is 2. The average Bonchev–Trinajstić information content (AvgIpc) is 3.27. The quantitative estimate of drug-likeness (QED) is 0.361. The SMILES string of the molecule is Cc1cc2c(=O)n(CCN(Cc3ccc4c(c3)NC(=O)C(C)(C)C(=O)N4C)Cc3cccnc3C)ccc2o1. The molecule has 0 unspecified atom stereocenters. The minimum absolute atomic E-state index is 0.0788. The van der Waals surface area contributed by atoms with Gasteiger partial charge in [0.25, 0.3) is 5.56 Å². The first-order valence-corrected chi connectivity index (χ1v) is 13.0. The molecule has 1 aliphatic heterocycles. The number of furan rings is 1. The van der Waals surface area contributed by atoms with Crippen LogP contribution in [0.3, 0.4) is 0 Å². The third-order valence-corrected chi connectivity index (χ3v) is 7.43. The van der Waals surface area contributed by atoms with Crippen LogP contribution < -0.4 is 15.8 Å². The number of anilines is 2. The molecule has 9 nitrogen and oxygen atoms in total. The van der Waals surface area contributed by atoms with Crippen LogP contribution in [0.2, 0.25) is 0 Å². The van der Waals surface area contributed by atoms with Crippen LogP contribution in [0.5, 0.6) is 0 Å². The Morgan fingerprint density at radius 1 is 1.05 bits per heavy atom. The molecule has 202 valence electrons. The number of carbonyl (C=O) groups excluding carboxylic acids is 2. The summed E-state index contributed by atoms with van der Waals surface area (Å²) in [6.07, 6.45) is 3.55. The molecule has 0 radical (unpaired) electrons. The van der Waals surface area contributed by atoms with Gasteiger partial charge in [0, 0.05) is 51.3 Å². The van der Waals surface area contributed by atoms with E-state index in [2.05, 4.69) is 21.3 Å². The van der Waals surface area contributed by atoms with E-state index in [9.17, 15) is 14.4 Å². The van der Waals surface area contributed by atoms with Crippen LogP contribution in [-0.4, -0.2) is 39.9 Å². The molecule has 1 aliphatic rings. The van der Waals surface area contributed by atoms with Gasteiger partial charge in [-0.25, -0.2) is 0 Å². The summed E-state index contributed by atoms with van der Waals surface area (Å²) in [6.45, 7) is 9.39. The minimum Gasteiger partial charge on any atom is -0.461 e. The molecule has 4 heterocycles. The van der Waals surface area contributed by atoms with E-state index in [0.717, 1.165) is 16.8 Å². The summed E-state index contributed by atoms with van der Waals surface area (Å²) in [6, 6.07) is 13.4. The molecule has 1 N–H and O–H groups in total. The second-order valence-corrected chi connectivity index (χ2v) is 10.7. The first-order chi connectivity index (χ1) is 18.5. The maximum Gasteiger partial charge on any atom is 0.261 e. The second-order valence-electron chi connectivity index (χ2n) is 10.7. The van der Waals surface area contributed by atoms with Crippen LogP contribution in [-0.2, 0) is 29.2 Å². The number of hydrogen-bond acceptors (Lipinski definition) is 6. The summed E-state index contributed by atoms with van der Waals surface area (Å²) < 4.78 is 7.31. The van der Waals surface area contributed by atoms with Gasteiger partial charge in [-0.1, -0.05) is 12.1 Å². The molecule has 0 bridgehead atoms. The Kier molecular flexibility index (Phi) is 6.86. The standard InChI is InChI=1S/C30H33N5O4/c1-19-15-23-26(39-19)10-12-35(27(23)36)14-13-34(18-22-7-6-11-31-20(22)2)17-21-8-9-25-24(16-21)32-28(37)30(3,4)29(38)33(25)5/h6-12,15-16H,13-14,17-18H2,1-5H3,(H,32,37). The summed E-state index contributed by atoms with van der Waals surface area (Å²) in [5.74, 6) is 0.123. The first kappa shape index (κ1) is 26.4. The van der Waals surface area contributed by atoms with Gasteiger partial charge in [0.15, 0.2) is 0 Å². The number of pyridine rings is 2. The Labute approximate surface area is 227 Å². The van der Waals surface area contributed by atoms with Crippen LogP contribution >= 0.6 is 0 Å². The van der Waals surface area contributed by atoms with Crippen molar-refractivity contribution in [3.63, 3.8) is 0 Å². The minimum atomic E-state index is -1.17. The van der Waals surface area contributed by atoms with Gasteiger partial charge in [-0.05, 0) is 69.2 Å². The molecule has 0 fully saturated rings. The summed E-state index contributed by atoms with van der Waals surface area (Å²) in [5.41, 5.74) is 3.64. The highest BCUT2D eigenvalue weighted by Gasteiger charge is 2.41. The average molecular weight is 528 g/mol. The van der Waals surface area contributed by atoms with Gasteiger partial charge in [-0.15, -0.1) is 0 Å². The topological polar surface area (TPSA) is 101 Å². The highest BCUT2D eigenvalue weighted by Crippen LogP contribution is 2.35. The van der Waals surface area contributed by atoms with Crippen molar-refractivity contribution in [1.82, 2.24) is 14.5 Å². The molecule has 3 aromatic heterocycles. The molecule has 0 aliphatic carbocycles. The number of rotatable bonds is 7. The first-order valence-electron chi connectivity index (χ1n) is 13.0. The summed E-state index contributed by atoms with van der Waals surface area (Å²) in [5, 5.41) is 3.52. The molecule has 0 spiro atoms. The number of benzene rings is 1. The van der Waals surface area contributed by atoms with Crippen molar-refractivity contribution in [3.05, 3.63) is 87.8 Å². The molecule has 4 aromatic rings. The highest BCUT2D eigenvalue weighted by atomic mass is 16.3. The van der Waals surface area contributed by atoms with Gasteiger partial charge in [0.05, 0.1) is 16.8 Å². The summed E-state index contributed by atoms with van der Waals surface area (Å²) in [4.78, 5) is 47.0. The molecule has 0 saturated carbocycles. The smallest absolute Gasteiger partial charge is 0.261 e. The lowest BCUT2D eigenvalue weighted by molar-refractivity contribution is -0.136. The fraction of sp³-hybridized carbons (Fsp3) is 0.333. The zero-order valence-electron chi connectivity index (χ0n) is 22.9. The normalized spacial score (nSPS) is 15.0. The fourth-order valence-corrected chi connectivity index (χ4v) is 5.00. The molecule has 0 atom stereocenters. The van der Waals surface area contributed by atoms with E-state index in [1.54, 1.807) is 43.9 Å². The molecule has 1 aromatic carbocycles. The van der Waals surface area contributed by atoms with Crippen molar-refractivity contribution >= 4 is 34.2 Å². The number of fused-ring (bicyclic) bond motifs is 2.